The van der Waals surface area contributed by atoms with Gasteiger partial charge in [0, 0.05) is 32.7 Å². The van der Waals surface area contributed by atoms with Crippen molar-refractivity contribution < 1.29 is 8.42 Å². The Kier molecular flexibility index (Phi) is 7.39. The van der Waals surface area contributed by atoms with Crippen LogP contribution in [0.1, 0.15) is 26.7 Å². The van der Waals surface area contributed by atoms with Crippen LogP contribution in [0.2, 0.25) is 0 Å². The van der Waals surface area contributed by atoms with Gasteiger partial charge in [-0.25, -0.2) is 0 Å². The Labute approximate surface area is 124 Å². The zero-order valence-corrected chi connectivity index (χ0v) is 14.1. The molecule has 0 aromatic heterocycles. The lowest BCUT2D eigenvalue weighted by Crippen LogP contribution is -2.48. The van der Waals surface area contributed by atoms with Gasteiger partial charge in [-0.15, -0.1) is 0 Å². The van der Waals surface area contributed by atoms with Crippen molar-refractivity contribution in [3.05, 3.63) is 0 Å². The standard InChI is InChI=1S/C13H30N4O2S/c1-5-14-8-6-10-16(4)20(18,19)17-11-7-9-15(3)12-13(17)2/h13-14H,5-12H2,1-4H3. The highest BCUT2D eigenvalue weighted by molar-refractivity contribution is 7.86. The van der Waals surface area contributed by atoms with Gasteiger partial charge in [0.2, 0.25) is 0 Å². The zero-order chi connectivity index (χ0) is 15.2. The molecule has 0 radical (unpaired) electrons. The fourth-order valence-corrected chi connectivity index (χ4v) is 4.19. The van der Waals surface area contributed by atoms with Crippen LogP contribution >= 0.6 is 0 Å². The van der Waals surface area contributed by atoms with Gasteiger partial charge < -0.3 is 10.2 Å². The lowest BCUT2D eigenvalue weighted by molar-refractivity contribution is 0.276. The van der Waals surface area contributed by atoms with Crippen LogP contribution in [0.15, 0.2) is 0 Å². The molecule has 1 aliphatic heterocycles. The van der Waals surface area contributed by atoms with Crippen LogP contribution in [0.5, 0.6) is 0 Å². The van der Waals surface area contributed by atoms with E-state index in [9.17, 15) is 8.42 Å². The minimum Gasteiger partial charge on any atom is -0.317 e. The molecule has 120 valence electrons. The molecule has 1 fully saturated rings. The van der Waals surface area contributed by atoms with Crippen molar-refractivity contribution in [1.82, 2.24) is 18.8 Å². The van der Waals surface area contributed by atoms with Gasteiger partial charge >= 0.3 is 0 Å². The summed E-state index contributed by atoms with van der Waals surface area (Å²) in [5, 5.41) is 3.22. The van der Waals surface area contributed by atoms with Crippen LogP contribution in [0, 0.1) is 0 Å². The van der Waals surface area contributed by atoms with E-state index in [1.165, 1.54) is 4.31 Å². The van der Waals surface area contributed by atoms with Crippen molar-refractivity contribution in [3.63, 3.8) is 0 Å². The van der Waals surface area contributed by atoms with Crippen molar-refractivity contribution in [2.75, 3.05) is 53.4 Å². The zero-order valence-electron chi connectivity index (χ0n) is 13.3. The molecule has 0 bridgehead atoms. The average molecular weight is 306 g/mol. The Hall–Kier alpha value is -0.210. The fourth-order valence-electron chi connectivity index (χ4n) is 2.59. The first kappa shape index (κ1) is 17.8. The van der Waals surface area contributed by atoms with Crippen LogP contribution in [-0.4, -0.2) is 81.3 Å². The molecule has 20 heavy (non-hydrogen) atoms. The van der Waals surface area contributed by atoms with Crippen molar-refractivity contribution in [3.8, 4) is 0 Å². The molecule has 6 nitrogen and oxygen atoms in total. The number of hydrogen-bond donors (Lipinski definition) is 1. The molecule has 0 saturated carbocycles. The SMILES string of the molecule is CCNCCCN(C)S(=O)(=O)N1CCCN(C)CC1C. The molecule has 0 spiro atoms. The van der Waals surface area contributed by atoms with E-state index < -0.39 is 10.2 Å². The summed E-state index contributed by atoms with van der Waals surface area (Å²) in [6, 6.07) is 0.0312. The predicted octanol–water partition coefficient (Wildman–Crippen LogP) is 0.189. The highest BCUT2D eigenvalue weighted by atomic mass is 32.2. The van der Waals surface area contributed by atoms with Crippen LogP contribution in [0.25, 0.3) is 0 Å². The first-order chi connectivity index (χ1) is 9.39. The van der Waals surface area contributed by atoms with Gasteiger partial charge in [-0.05, 0) is 46.4 Å². The van der Waals surface area contributed by atoms with Gasteiger partial charge in [-0.1, -0.05) is 6.92 Å². The maximum atomic E-state index is 12.6. The highest BCUT2D eigenvalue weighted by Crippen LogP contribution is 2.16. The number of likely N-dealkylation sites (N-methyl/N-ethyl adjacent to an activating group) is 1. The number of nitrogens with one attached hydrogen (secondary N) is 1. The molecule has 1 rings (SSSR count). The van der Waals surface area contributed by atoms with Gasteiger partial charge in [-0.2, -0.15) is 17.0 Å². The molecule has 0 aromatic carbocycles. The first-order valence-corrected chi connectivity index (χ1v) is 8.91. The molecule has 7 heteroatoms. The average Bonchev–Trinajstić information content (AvgIpc) is 2.55. The van der Waals surface area contributed by atoms with Gasteiger partial charge in [0.15, 0.2) is 0 Å². The third-order valence-electron chi connectivity index (χ3n) is 3.75. The molecule has 0 amide bonds. The Morgan fingerprint density at radius 2 is 2.05 bits per heavy atom. The van der Waals surface area contributed by atoms with Crippen LogP contribution in [-0.2, 0) is 10.2 Å². The number of nitrogens with zero attached hydrogens (tertiary/aromatic N) is 3. The Bertz CT molecular complexity index is 375. The van der Waals surface area contributed by atoms with Gasteiger partial charge in [0.05, 0.1) is 0 Å². The maximum absolute atomic E-state index is 12.6. The number of hydrogen-bond acceptors (Lipinski definition) is 4. The third-order valence-corrected chi connectivity index (χ3v) is 5.86. The molecule has 1 saturated heterocycles. The summed E-state index contributed by atoms with van der Waals surface area (Å²) in [4.78, 5) is 2.20. The lowest BCUT2D eigenvalue weighted by Gasteiger charge is -2.31. The van der Waals surface area contributed by atoms with E-state index in [0.29, 0.717) is 13.1 Å². The molecule has 0 aliphatic carbocycles. The Morgan fingerprint density at radius 1 is 1.35 bits per heavy atom. The van der Waals surface area contributed by atoms with E-state index >= 15 is 0 Å². The smallest absolute Gasteiger partial charge is 0.282 e. The van der Waals surface area contributed by atoms with E-state index in [1.807, 2.05) is 14.0 Å². The minimum absolute atomic E-state index is 0.0312. The fraction of sp³-hybridized carbons (Fsp3) is 1.00. The highest BCUT2D eigenvalue weighted by Gasteiger charge is 2.32. The topological polar surface area (TPSA) is 55.9 Å². The summed E-state index contributed by atoms with van der Waals surface area (Å²) < 4.78 is 28.4. The second kappa shape index (κ2) is 8.29. The summed E-state index contributed by atoms with van der Waals surface area (Å²) in [6.45, 7) is 8.76. The van der Waals surface area contributed by atoms with Crippen molar-refractivity contribution in [2.24, 2.45) is 0 Å². The summed E-state index contributed by atoms with van der Waals surface area (Å²) in [5.74, 6) is 0. The van der Waals surface area contributed by atoms with E-state index in [1.54, 1.807) is 11.4 Å². The molecular weight excluding hydrogens is 276 g/mol. The Balaban J connectivity index is 2.61. The lowest BCUT2D eigenvalue weighted by atomic mass is 10.3. The molecule has 1 heterocycles. The number of rotatable bonds is 7. The quantitative estimate of drug-likeness (QED) is 0.682. The van der Waals surface area contributed by atoms with Crippen LogP contribution in [0.3, 0.4) is 0 Å². The van der Waals surface area contributed by atoms with Crippen molar-refractivity contribution in [1.29, 1.82) is 0 Å². The predicted molar refractivity (Wildman–Crippen MR) is 83.0 cm³/mol. The summed E-state index contributed by atoms with van der Waals surface area (Å²) >= 11 is 0. The third kappa shape index (κ3) is 4.96. The van der Waals surface area contributed by atoms with Crippen molar-refractivity contribution in [2.45, 2.75) is 32.7 Å². The van der Waals surface area contributed by atoms with Crippen molar-refractivity contribution >= 4 is 10.2 Å². The monoisotopic (exact) mass is 306 g/mol. The van der Waals surface area contributed by atoms with Gasteiger partial charge in [-0.3, -0.25) is 0 Å². The van der Waals surface area contributed by atoms with E-state index in [2.05, 4.69) is 17.1 Å². The van der Waals surface area contributed by atoms with E-state index in [4.69, 9.17) is 0 Å². The van der Waals surface area contributed by atoms with Gasteiger partial charge in [0.1, 0.15) is 0 Å². The Morgan fingerprint density at radius 3 is 2.70 bits per heavy atom. The second-order valence-electron chi connectivity index (χ2n) is 5.61. The van der Waals surface area contributed by atoms with Crippen LogP contribution < -0.4 is 5.32 Å². The molecule has 1 atom stereocenters. The first-order valence-electron chi connectivity index (χ1n) is 7.52. The molecule has 0 aromatic rings. The molecule has 1 N–H and O–H groups in total. The molecule has 1 aliphatic rings. The van der Waals surface area contributed by atoms with E-state index in [-0.39, 0.29) is 6.04 Å². The van der Waals surface area contributed by atoms with Gasteiger partial charge in [0.25, 0.3) is 10.2 Å². The minimum atomic E-state index is -3.33. The van der Waals surface area contributed by atoms with E-state index in [0.717, 1.165) is 39.0 Å². The molecule has 1 unspecified atom stereocenters. The molecular formula is C13H30N4O2S. The summed E-state index contributed by atoms with van der Waals surface area (Å²) in [5.41, 5.74) is 0. The maximum Gasteiger partial charge on any atom is 0.282 e. The van der Waals surface area contributed by atoms with Crippen LogP contribution in [0.4, 0.5) is 0 Å². The summed E-state index contributed by atoms with van der Waals surface area (Å²) in [7, 11) is 0.399. The second-order valence-corrected chi connectivity index (χ2v) is 7.60. The largest absolute Gasteiger partial charge is 0.317 e. The normalized spacial score (nSPS) is 23.1. The summed E-state index contributed by atoms with van der Waals surface area (Å²) in [6.07, 6.45) is 1.73.